The van der Waals surface area contributed by atoms with Crippen LogP contribution in [0.25, 0.3) is 0 Å². The molecule has 0 aromatic carbocycles. The third kappa shape index (κ3) is 5.50. The normalized spacial score (nSPS) is 40.6. The molecule has 0 heterocycles. The van der Waals surface area contributed by atoms with Crippen LogP contribution in [0.3, 0.4) is 0 Å². The molecule has 3 N–H and O–H groups in total. The molecule has 0 aliphatic heterocycles. The summed E-state index contributed by atoms with van der Waals surface area (Å²) >= 11 is 4.11. The summed E-state index contributed by atoms with van der Waals surface area (Å²) in [5, 5.41) is 2.81. The predicted octanol–water partition coefficient (Wildman–Crippen LogP) is 4.93. The van der Waals surface area contributed by atoms with Crippen molar-refractivity contribution in [3.05, 3.63) is 0 Å². The first-order chi connectivity index (χ1) is 17.4. The van der Waals surface area contributed by atoms with Crippen molar-refractivity contribution in [3.8, 4) is 0 Å². The second-order valence-corrected chi connectivity index (χ2v) is 14.1. The van der Waals surface area contributed by atoms with E-state index in [9.17, 15) is 14.4 Å². The van der Waals surface area contributed by atoms with Gasteiger partial charge in [-0.1, -0.05) is 27.7 Å². The third-order valence-electron chi connectivity index (χ3n) is 11.2. The van der Waals surface area contributed by atoms with Crippen LogP contribution in [0.2, 0.25) is 0 Å². The van der Waals surface area contributed by atoms with E-state index in [0.29, 0.717) is 30.0 Å². The summed E-state index contributed by atoms with van der Waals surface area (Å²) in [4.78, 5) is 38.0. The van der Waals surface area contributed by atoms with Crippen LogP contribution in [-0.4, -0.2) is 41.6 Å². The van der Waals surface area contributed by atoms with Gasteiger partial charge in [-0.05, 0) is 112 Å². The van der Waals surface area contributed by atoms with Crippen LogP contribution in [0.1, 0.15) is 98.8 Å². The first-order valence-corrected chi connectivity index (χ1v) is 15.4. The van der Waals surface area contributed by atoms with Gasteiger partial charge in [-0.2, -0.15) is 12.6 Å². The standard InChI is InChI=1S/C30H50N2O4S/c1-17(2)14-26(32-27(34)25(31)16-37)28(35)36-20-10-12-29(4)19(15-20)6-7-21-23-9-8-22(18(3)33)30(23,5)13-11-24(21)29/h17,19-26,37H,6-16,31H2,1-5H3,(H,32,34)/t19-,20+,21-,22+,23-,24-,25-,26-,29-,30+/m0/s1. The van der Waals surface area contributed by atoms with Gasteiger partial charge in [0.1, 0.15) is 17.9 Å². The molecule has 4 rings (SSSR count). The molecule has 0 aromatic heterocycles. The number of fused-ring (bicyclic) bond motifs is 5. The van der Waals surface area contributed by atoms with E-state index in [4.69, 9.17) is 10.5 Å². The highest BCUT2D eigenvalue weighted by atomic mass is 32.1. The van der Waals surface area contributed by atoms with Gasteiger partial charge in [0.25, 0.3) is 0 Å². The number of ether oxygens (including phenoxy) is 1. The fourth-order valence-corrected chi connectivity index (χ4v) is 9.45. The minimum Gasteiger partial charge on any atom is -0.461 e. The number of carbonyl (C=O) groups is 3. The topological polar surface area (TPSA) is 98.5 Å². The summed E-state index contributed by atoms with van der Waals surface area (Å²) in [6.45, 7) is 10.8. The lowest BCUT2D eigenvalue weighted by molar-refractivity contribution is -0.166. The SMILES string of the molecule is CC(=O)[C@H]1CC[C@H]2[C@@H]3CC[C@H]4C[C@H](OC(=O)[C@H](CC(C)C)NC(=O)[C@@H](N)CS)CC[C@]4(C)[C@H]3CC[C@]12C. The van der Waals surface area contributed by atoms with Gasteiger partial charge in [-0.15, -0.1) is 0 Å². The highest BCUT2D eigenvalue weighted by Gasteiger charge is 2.61. The lowest BCUT2D eigenvalue weighted by Gasteiger charge is -2.61. The number of Topliss-reactive ketones (excluding diaryl/α,β-unsaturated/α-hetero) is 1. The maximum Gasteiger partial charge on any atom is 0.328 e. The Bertz CT molecular complexity index is 880. The van der Waals surface area contributed by atoms with E-state index < -0.39 is 12.1 Å². The lowest BCUT2D eigenvalue weighted by Crippen LogP contribution is -2.55. The van der Waals surface area contributed by atoms with Gasteiger partial charge in [0, 0.05) is 11.7 Å². The highest BCUT2D eigenvalue weighted by Crippen LogP contribution is 2.67. The summed E-state index contributed by atoms with van der Waals surface area (Å²) in [6.07, 6.45) is 10.5. The summed E-state index contributed by atoms with van der Waals surface area (Å²) < 4.78 is 6.07. The van der Waals surface area contributed by atoms with E-state index in [-0.39, 0.29) is 46.4 Å². The monoisotopic (exact) mass is 534 g/mol. The Labute approximate surface area is 229 Å². The molecule has 1 amide bonds. The van der Waals surface area contributed by atoms with Crippen LogP contribution >= 0.6 is 12.6 Å². The molecule has 0 saturated heterocycles. The van der Waals surface area contributed by atoms with Crippen LogP contribution in [0, 0.1) is 46.3 Å². The number of nitrogens with one attached hydrogen (secondary N) is 1. The molecule has 6 nitrogen and oxygen atoms in total. The van der Waals surface area contributed by atoms with Crippen molar-refractivity contribution in [2.75, 3.05) is 5.75 Å². The van der Waals surface area contributed by atoms with Gasteiger partial charge in [-0.25, -0.2) is 4.79 Å². The second-order valence-electron chi connectivity index (χ2n) is 13.8. The zero-order valence-electron chi connectivity index (χ0n) is 23.6. The van der Waals surface area contributed by atoms with Crippen LogP contribution in [0.15, 0.2) is 0 Å². The van der Waals surface area contributed by atoms with Crippen molar-refractivity contribution in [2.45, 2.75) is 117 Å². The van der Waals surface area contributed by atoms with Crippen molar-refractivity contribution in [2.24, 2.45) is 52.1 Å². The fourth-order valence-electron chi connectivity index (χ4n) is 9.29. The Morgan fingerprint density at radius 3 is 2.32 bits per heavy atom. The van der Waals surface area contributed by atoms with E-state index in [1.165, 1.54) is 32.1 Å². The molecule has 0 spiro atoms. The Hall–Kier alpha value is -1.08. The van der Waals surface area contributed by atoms with Crippen LogP contribution < -0.4 is 11.1 Å². The summed E-state index contributed by atoms with van der Waals surface area (Å²) in [7, 11) is 0. The molecule has 4 fully saturated rings. The Morgan fingerprint density at radius 2 is 1.68 bits per heavy atom. The third-order valence-corrected chi connectivity index (χ3v) is 11.6. The quantitative estimate of drug-likeness (QED) is 0.303. The van der Waals surface area contributed by atoms with Crippen LogP contribution in [0.5, 0.6) is 0 Å². The van der Waals surface area contributed by atoms with Crippen molar-refractivity contribution >= 4 is 30.3 Å². The second kappa shape index (κ2) is 11.2. The van der Waals surface area contributed by atoms with Gasteiger partial charge in [-0.3, -0.25) is 9.59 Å². The molecule has 4 aliphatic rings. The number of thiol groups is 1. The number of hydrogen-bond donors (Lipinski definition) is 3. The van der Waals surface area contributed by atoms with Gasteiger partial charge < -0.3 is 15.8 Å². The maximum absolute atomic E-state index is 13.2. The highest BCUT2D eigenvalue weighted by molar-refractivity contribution is 7.80. The molecule has 210 valence electrons. The summed E-state index contributed by atoms with van der Waals surface area (Å²) in [6, 6.07) is -1.41. The van der Waals surface area contributed by atoms with Crippen molar-refractivity contribution in [1.82, 2.24) is 5.32 Å². The number of ketones is 1. The number of nitrogens with two attached hydrogens (primary N) is 1. The van der Waals surface area contributed by atoms with Crippen molar-refractivity contribution in [3.63, 3.8) is 0 Å². The molecule has 37 heavy (non-hydrogen) atoms. The molecular weight excluding hydrogens is 484 g/mol. The molecule has 10 atom stereocenters. The number of carbonyl (C=O) groups excluding carboxylic acids is 3. The largest absolute Gasteiger partial charge is 0.461 e. The average Bonchev–Trinajstić information content (AvgIpc) is 3.20. The first-order valence-electron chi connectivity index (χ1n) is 14.8. The molecule has 0 bridgehead atoms. The van der Waals surface area contributed by atoms with E-state index in [1.807, 2.05) is 13.8 Å². The Balaban J connectivity index is 1.40. The lowest BCUT2D eigenvalue weighted by atomic mass is 9.44. The summed E-state index contributed by atoms with van der Waals surface area (Å²) in [5.74, 6) is 3.11. The minimum atomic E-state index is -0.737. The number of hydrogen-bond acceptors (Lipinski definition) is 6. The van der Waals surface area contributed by atoms with Crippen molar-refractivity contribution in [1.29, 1.82) is 0 Å². The number of rotatable bonds is 8. The Morgan fingerprint density at radius 1 is 1.00 bits per heavy atom. The predicted molar refractivity (Wildman–Crippen MR) is 149 cm³/mol. The Kier molecular flexibility index (Phi) is 8.75. The van der Waals surface area contributed by atoms with Crippen LogP contribution in [0.4, 0.5) is 0 Å². The number of esters is 1. The fraction of sp³-hybridized carbons (Fsp3) is 0.900. The first kappa shape index (κ1) is 28.9. The smallest absolute Gasteiger partial charge is 0.328 e. The summed E-state index contributed by atoms with van der Waals surface area (Å²) in [5.41, 5.74) is 6.30. The van der Waals surface area contributed by atoms with Gasteiger partial charge in [0.2, 0.25) is 5.91 Å². The zero-order chi connectivity index (χ0) is 27.1. The molecule has 0 radical (unpaired) electrons. The molecule has 4 aliphatic carbocycles. The van der Waals surface area contributed by atoms with E-state index in [0.717, 1.165) is 31.6 Å². The van der Waals surface area contributed by atoms with E-state index in [1.54, 1.807) is 6.92 Å². The zero-order valence-corrected chi connectivity index (χ0v) is 24.5. The van der Waals surface area contributed by atoms with Crippen molar-refractivity contribution < 1.29 is 19.1 Å². The molecule has 4 saturated carbocycles. The van der Waals surface area contributed by atoms with E-state index >= 15 is 0 Å². The minimum absolute atomic E-state index is 0.0883. The van der Waals surface area contributed by atoms with Gasteiger partial charge in [0.15, 0.2) is 0 Å². The molecular formula is C30H50N2O4S. The molecule has 7 heteroatoms. The molecule has 0 unspecified atom stereocenters. The van der Waals surface area contributed by atoms with Gasteiger partial charge >= 0.3 is 5.97 Å². The van der Waals surface area contributed by atoms with Gasteiger partial charge in [0.05, 0.1) is 6.04 Å². The maximum atomic E-state index is 13.2. The molecule has 0 aromatic rings. The number of amides is 1. The van der Waals surface area contributed by atoms with E-state index in [2.05, 4.69) is 31.8 Å². The average molecular weight is 535 g/mol. The van der Waals surface area contributed by atoms with Crippen LogP contribution in [-0.2, 0) is 19.1 Å².